The van der Waals surface area contributed by atoms with E-state index in [1.165, 1.54) is 38.5 Å². The lowest BCUT2D eigenvalue weighted by atomic mass is 9.86. The number of carbonyl (C=O) groups excluding carboxylic acids is 1. The van der Waals surface area contributed by atoms with Crippen LogP contribution in [0.15, 0.2) is 59.5 Å². The number of carbonyl (C=O) groups is 1. The van der Waals surface area contributed by atoms with Crippen molar-refractivity contribution in [1.82, 2.24) is 14.8 Å². The van der Waals surface area contributed by atoms with Gasteiger partial charge in [-0.25, -0.2) is 0 Å². The van der Waals surface area contributed by atoms with Gasteiger partial charge in [0.25, 0.3) is 5.91 Å². The number of hydrogen-bond donors (Lipinski definition) is 2. The summed E-state index contributed by atoms with van der Waals surface area (Å²) < 4.78 is 14.0. The molecule has 2 aliphatic heterocycles. The number of fused-ring (bicyclic) bond motifs is 3. The van der Waals surface area contributed by atoms with Crippen LogP contribution in [-0.4, -0.2) is 61.3 Å². The third-order valence-electron chi connectivity index (χ3n) is 9.53. The van der Waals surface area contributed by atoms with E-state index in [4.69, 9.17) is 9.47 Å². The van der Waals surface area contributed by atoms with Crippen LogP contribution in [0, 0.1) is 5.92 Å². The van der Waals surface area contributed by atoms with E-state index in [1.807, 2.05) is 34.9 Å². The Morgan fingerprint density at radius 3 is 2.55 bits per heavy atom. The highest BCUT2D eigenvalue weighted by Crippen LogP contribution is 2.45. The summed E-state index contributed by atoms with van der Waals surface area (Å²) >= 11 is 0. The van der Waals surface area contributed by atoms with Crippen LogP contribution >= 0.6 is 0 Å². The lowest BCUT2D eigenvalue weighted by Gasteiger charge is -2.27. The van der Waals surface area contributed by atoms with Crippen LogP contribution in [0.5, 0.6) is 11.5 Å². The molecular weight excluding hydrogens is 552 g/mol. The van der Waals surface area contributed by atoms with Gasteiger partial charge in [-0.05, 0) is 66.8 Å². The zero-order valence-electron chi connectivity index (χ0n) is 25.4. The molecule has 0 unspecified atom stereocenters. The highest BCUT2D eigenvalue weighted by atomic mass is 16.5. The average Bonchev–Trinajstić information content (AvgIpc) is 3.06. The highest BCUT2D eigenvalue weighted by Gasteiger charge is 2.27. The first-order chi connectivity index (χ1) is 21.7. The van der Waals surface area contributed by atoms with Gasteiger partial charge in [0.1, 0.15) is 11.1 Å². The molecular formula is C36H42N4O4. The number of hydrogen-bond acceptors (Lipinski definition) is 6. The Balaban J connectivity index is 1.18. The molecule has 0 atom stereocenters. The zero-order valence-corrected chi connectivity index (χ0v) is 25.4. The Morgan fingerprint density at radius 2 is 1.73 bits per heavy atom. The van der Waals surface area contributed by atoms with E-state index in [1.54, 1.807) is 6.20 Å². The van der Waals surface area contributed by atoms with Crippen LogP contribution in [0.2, 0.25) is 0 Å². The normalized spacial score (nSPS) is 16.9. The van der Waals surface area contributed by atoms with Gasteiger partial charge >= 0.3 is 0 Å². The predicted octanol–water partition coefficient (Wildman–Crippen LogP) is 6.47. The minimum absolute atomic E-state index is 0.143. The summed E-state index contributed by atoms with van der Waals surface area (Å²) in [7, 11) is 0. The predicted molar refractivity (Wildman–Crippen MR) is 176 cm³/mol. The monoisotopic (exact) mass is 594 g/mol. The van der Waals surface area contributed by atoms with E-state index in [0.717, 1.165) is 80.3 Å². The second-order valence-electron chi connectivity index (χ2n) is 12.5. The fourth-order valence-electron chi connectivity index (χ4n) is 7.09. The fourth-order valence-corrected chi connectivity index (χ4v) is 7.09. The highest BCUT2D eigenvalue weighted by molar-refractivity contribution is 6.01. The van der Waals surface area contributed by atoms with E-state index in [9.17, 15) is 9.59 Å². The number of ether oxygens (including phenoxy) is 2. The first kappa shape index (κ1) is 28.9. The number of nitrogens with zero attached hydrogens (tertiary/aromatic N) is 2. The minimum atomic E-state index is -0.345. The quantitative estimate of drug-likeness (QED) is 0.180. The standard InChI is InChI=1S/C36H42N4O4/c41-34-28-13-14-30(37-15-6-10-25-8-2-1-3-9-25)35-33(28)40(31-22-26-11-4-5-12-27(26)23-32(31)44-35)24-29(34)36(42)38-16-7-17-39-18-20-43-21-19-39/h4-5,11-14,22-25,37H,1-3,6-10,15-21H2,(H,38,42). The summed E-state index contributed by atoms with van der Waals surface area (Å²) in [5.74, 6) is 1.83. The van der Waals surface area contributed by atoms with E-state index in [2.05, 4.69) is 33.7 Å². The first-order valence-electron chi connectivity index (χ1n) is 16.4. The van der Waals surface area contributed by atoms with Crippen LogP contribution in [-0.2, 0) is 4.74 Å². The molecule has 3 aliphatic rings. The van der Waals surface area contributed by atoms with Crippen molar-refractivity contribution in [2.45, 2.75) is 51.4 Å². The van der Waals surface area contributed by atoms with Crippen LogP contribution in [0.1, 0.15) is 61.7 Å². The number of amides is 1. The van der Waals surface area contributed by atoms with Crippen LogP contribution in [0.4, 0.5) is 5.69 Å². The summed E-state index contributed by atoms with van der Waals surface area (Å²) in [5, 5.41) is 9.23. The second kappa shape index (κ2) is 13.0. The number of benzene rings is 3. The maximum Gasteiger partial charge on any atom is 0.256 e. The molecule has 2 fully saturated rings. The Labute approximate surface area is 258 Å². The lowest BCUT2D eigenvalue weighted by Crippen LogP contribution is -2.38. The molecule has 0 spiro atoms. The Hall–Kier alpha value is -3.88. The fraction of sp³-hybridized carbons (Fsp3) is 0.444. The molecule has 4 aromatic rings. The summed E-state index contributed by atoms with van der Waals surface area (Å²) in [6, 6.07) is 16.1. The van der Waals surface area contributed by atoms with Gasteiger partial charge in [-0.3, -0.25) is 14.5 Å². The molecule has 1 saturated heterocycles. The third kappa shape index (κ3) is 5.93. The Kier molecular flexibility index (Phi) is 8.53. The van der Waals surface area contributed by atoms with Crippen molar-refractivity contribution in [2.24, 2.45) is 5.92 Å². The average molecular weight is 595 g/mol. The van der Waals surface area contributed by atoms with Gasteiger partial charge in [-0.1, -0.05) is 56.4 Å². The van der Waals surface area contributed by atoms with E-state index < -0.39 is 0 Å². The van der Waals surface area contributed by atoms with Gasteiger partial charge in [-0.15, -0.1) is 0 Å². The molecule has 1 amide bonds. The molecule has 1 saturated carbocycles. The number of aromatic nitrogens is 1. The van der Waals surface area contributed by atoms with Crippen LogP contribution in [0.3, 0.4) is 0 Å². The maximum absolute atomic E-state index is 13.8. The van der Waals surface area contributed by atoms with Gasteiger partial charge in [0.05, 0.1) is 30.0 Å². The lowest BCUT2D eigenvalue weighted by molar-refractivity contribution is 0.0374. The molecule has 8 heteroatoms. The van der Waals surface area contributed by atoms with Crippen LogP contribution < -0.4 is 20.8 Å². The number of rotatable bonds is 10. The maximum atomic E-state index is 13.8. The molecule has 0 radical (unpaired) electrons. The molecule has 3 aromatic carbocycles. The number of nitrogens with one attached hydrogen (secondary N) is 2. The van der Waals surface area contributed by atoms with Crippen molar-refractivity contribution < 1.29 is 14.3 Å². The number of pyridine rings is 1. The molecule has 230 valence electrons. The summed E-state index contributed by atoms with van der Waals surface area (Å²) in [6.45, 7) is 5.58. The Bertz CT molecular complexity index is 1720. The summed E-state index contributed by atoms with van der Waals surface area (Å²) in [6.07, 6.45) is 11.7. The van der Waals surface area contributed by atoms with Crippen molar-refractivity contribution >= 4 is 33.3 Å². The van der Waals surface area contributed by atoms with Gasteiger partial charge < -0.3 is 24.7 Å². The number of morpholine rings is 1. The van der Waals surface area contributed by atoms with Gasteiger partial charge in [0, 0.05) is 32.4 Å². The van der Waals surface area contributed by atoms with Gasteiger partial charge in [-0.2, -0.15) is 0 Å². The van der Waals surface area contributed by atoms with Crippen molar-refractivity contribution in [2.75, 3.05) is 51.3 Å². The summed E-state index contributed by atoms with van der Waals surface area (Å²) in [5.41, 5.74) is 2.24. The molecule has 1 aromatic heterocycles. The van der Waals surface area contributed by atoms with E-state index in [0.29, 0.717) is 28.9 Å². The van der Waals surface area contributed by atoms with Crippen LogP contribution in [0.25, 0.3) is 27.4 Å². The zero-order chi connectivity index (χ0) is 29.9. The van der Waals surface area contributed by atoms with Crippen molar-refractivity contribution in [3.8, 4) is 17.2 Å². The topological polar surface area (TPSA) is 84.8 Å². The van der Waals surface area contributed by atoms with E-state index in [-0.39, 0.29) is 16.9 Å². The third-order valence-corrected chi connectivity index (χ3v) is 9.53. The van der Waals surface area contributed by atoms with Crippen molar-refractivity contribution in [3.63, 3.8) is 0 Å². The van der Waals surface area contributed by atoms with Crippen molar-refractivity contribution in [3.05, 3.63) is 70.5 Å². The largest absolute Gasteiger partial charge is 0.451 e. The molecule has 44 heavy (non-hydrogen) atoms. The van der Waals surface area contributed by atoms with Gasteiger partial charge in [0.15, 0.2) is 11.5 Å². The van der Waals surface area contributed by atoms with Crippen molar-refractivity contribution in [1.29, 1.82) is 0 Å². The molecule has 3 heterocycles. The smallest absolute Gasteiger partial charge is 0.256 e. The molecule has 2 N–H and O–H groups in total. The molecule has 0 bridgehead atoms. The molecule has 1 aliphatic carbocycles. The van der Waals surface area contributed by atoms with Gasteiger partial charge in [0.2, 0.25) is 5.43 Å². The first-order valence-corrected chi connectivity index (χ1v) is 16.4. The summed E-state index contributed by atoms with van der Waals surface area (Å²) in [4.78, 5) is 29.6. The Morgan fingerprint density at radius 1 is 0.932 bits per heavy atom. The van der Waals surface area contributed by atoms with E-state index >= 15 is 0 Å². The molecule has 7 rings (SSSR count). The number of anilines is 1. The molecule has 8 nitrogen and oxygen atoms in total. The minimum Gasteiger partial charge on any atom is -0.451 e. The SMILES string of the molecule is O=C(NCCCN1CCOCC1)c1cn2c3c(c(NCCCC4CCCCC4)ccc3c1=O)Oc1cc3ccccc3cc1-2. The second-order valence-corrected chi connectivity index (χ2v) is 12.5.